The van der Waals surface area contributed by atoms with Crippen LogP contribution in [0.3, 0.4) is 0 Å². The summed E-state index contributed by atoms with van der Waals surface area (Å²) < 4.78 is 5.44. The fourth-order valence-corrected chi connectivity index (χ4v) is 3.00. The molecule has 92 valence electrons. The van der Waals surface area contributed by atoms with Gasteiger partial charge >= 0.3 is 0 Å². The topological polar surface area (TPSA) is 26.3 Å². The highest BCUT2D eigenvalue weighted by Gasteiger charge is 2.27. The molecule has 1 aliphatic rings. The zero-order valence-electron chi connectivity index (χ0n) is 10.4. The van der Waals surface area contributed by atoms with Gasteiger partial charge in [-0.25, -0.2) is 0 Å². The van der Waals surface area contributed by atoms with Gasteiger partial charge in [0.05, 0.1) is 7.11 Å². The van der Waals surface area contributed by atoms with Gasteiger partial charge in [-0.15, -0.1) is 0 Å². The number of benzene rings is 1. The number of carbonyl (C=O) groups is 1. The van der Waals surface area contributed by atoms with Crippen molar-refractivity contribution < 1.29 is 9.53 Å². The zero-order chi connectivity index (χ0) is 12.1. The average molecular weight is 232 g/mol. The third-order valence-electron chi connectivity index (χ3n) is 3.85. The predicted octanol–water partition coefficient (Wildman–Crippen LogP) is 3.56. The van der Waals surface area contributed by atoms with Gasteiger partial charge < -0.3 is 9.53 Å². The summed E-state index contributed by atoms with van der Waals surface area (Å²) in [7, 11) is 1.72. The lowest BCUT2D eigenvalue weighted by atomic mass is 9.74. The summed E-state index contributed by atoms with van der Waals surface area (Å²) in [4.78, 5) is 10.8. The van der Waals surface area contributed by atoms with Crippen molar-refractivity contribution >= 4 is 6.29 Å². The molecular formula is C15H20O2. The van der Waals surface area contributed by atoms with Crippen molar-refractivity contribution in [1.29, 1.82) is 0 Å². The molecule has 0 spiro atoms. The van der Waals surface area contributed by atoms with Crippen LogP contribution in [-0.2, 0) is 4.79 Å². The Hall–Kier alpha value is -1.31. The van der Waals surface area contributed by atoms with E-state index < -0.39 is 0 Å². The molecule has 1 saturated carbocycles. The molecule has 0 amide bonds. The van der Waals surface area contributed by atoms with Gasteiger partial charge in [0.1, 0.15) is 12.0 Å². The SMILES string of the molecule is COc1ccccc1C1CCCCC1CC=O. The van der Waals surface area contributed by atoms with Crippen molar-refractivity contribution in [3.63, 3.8) is 0 Å². The summed E-state index contributed by atoms with van der Waals surface area (Å²) in [6.07, 6.45) is 6.61. The molecule has 0 bridgehead atoms. The first-order chi connectivity index (χ1) is 8.36. The highest BCUT2D eigenvalue weighted by Crippen LogP contribution is 2.42. The average Bonchev–Trinajstić information content (AvgIpc) is 2.40. The Balaban J connectivity index is 2.25. The van der Waals surface area contributed by atoms with E-state index in [0.717, 1.165) is 12.0 Å². The number of ether oxygens (including phenoxy) is 1. The van der Waals surface area contributed by atoms with Crippen LogP contribution in [-0.4, -0.2) is 13.4 Å². The first-order valence-electron chi connectivity index (χ1n) is 6.43. The van der Waals surface area contributed by atoms with E-state index in [1.54, 1.807) is 7.11 Å². The van der Waals surface area contributed by atoms with Crippen LogP contribution in [0.25, 0.3) is 0 Å². The molecule has 1 aromatic rings. The van der Waals surface area contributed by atoms with Gasteiger partial charge in [0.15, 0.2) is 0 Å². The molecule has 1 aliphatic carbocycles. The first kappa shape index (κ1) is 12.2. The number of para-hydroxylation sites is 1. The number of methoxy groups -OCH3 is 1. The lowest BCUT2D eigenvalue weighted by molar-refractivity contribution is -0.109. The molecule has 2 heteroatoms. The van der Waals surface area contributed by atoms with Crippen molar-refractivity contribution in [3.8, 4) is 5.75 Å². The molecule has 1 fully saturated rings. The number of aldehydes is 1. The van der Waals surface area contributed by atoms with Crippen molar-refractivity contribution in [2.75, 3.05) is 7.11 Å². The Kier molecular flexibility index (Phi) is 4.18. The Bertz CT molecular complexity index is 373. The van der Waals surface area contributed by atoms with Crippen LogP contribution in [0.2, 0.25) is 0 Å². The van der Waals surface area contributed by atoms with Crippen LogP contribution < -0.4 is 4.74 Å². The quantitative estimate of drug-likeness (QED) is 0.742. The number of rotatable bonds is 4. The largest absolute Gasteiger partial charge is 0.496 e. The maximum atomic E-state index is 10.8. The molecule has 17 heavy (non-hydrogen) atoms. The molecular weight excluding hydrogens is 212 g/mol. The van der Waals surface area contributed by atoms with Crippen molar-refractivity contribution in [2.45, 2.75) is 38.0 Å². The van der Waals surface area contributed by atoms with E-state index in [-0.39, 0.29) is 0 Å². The first-order valence-corrected chi connectivity index (χ1v) is 6.43. The number of carbonyl (C=O) groups excluding carboxylic acids is 1. The molecule has 2 rings (SSSR count). The van der Waals surface area contributed by atoms with Gasteiger partial charge in [-0.1, -0.05) is 31.0 Å². The van der Waals surface area contributed by atoms with Crippen LogP contribution in [0.4, 0.5) is 0 Å². The van der Waals surface area contributed by atoms with Gasteiger partial charge in [0, 0.05) is 6.42 Å². The number of hydrogen-bond donors (Lipinski definition) is 0. The molecule has 2 atom stereocenters. The molecule has 0 radical (unpaired) electrons. The van der Waals surface area contributed by atoms with E-state index in [4.69, 9.17) is 4.74 Å². The maximum Gasteiger partial charge on any atom is 0.122 e. The minimum atomic E-state index is 0.491. The van der Waals surface area contributed by atoms with Crippen molar-refractivity contribution in [1.82, 2.24) is 0 Å². The Labute approximate surface area is 103 Å². The van der Waals surface area contributed by atoms with Crippen molar-refractivity contribution in [2.24, 2.45) is 5.92 Å². The van der Waals surface area contributed by atoms with Gasteiger partial charge in [0.25, 0.3) is 0 Å². The van der Waals surface area contributed by atoms with Gasteiger partial charge in [-0.3, -0.25) is 0 Å². The smallest absolute Gasteiger partial charge is 0.122 e. The molecule has 0 N–H and O–H groups in total. The second-order valence-corrected chi connectivity index (χ2v) is 4.80. The van der Waals surface area contributed by atoms with Crippen LogP contribution >= 0.6 is 0 Å². The minimum absolute atomic E-state index is 0.491. The highest BCUT2D eigenvalue weighted by atomic mass is 16.5. The predicted molar refractivity (Wildman–Crippen MR) is 68.4 cm³/mol. The summed E-state index contributed by atoms with van der Waals surface area (Å²) >= 11 is 0. The van der Waals surface area contributed by atoms with E-state index in [1.807, 2.05) is 12.1 Å². The summed E-state index contributed by atoms with van der Waals surface area (Å²) in [5, 5.41) is 0. The zero-order valence-corrected chi connectivity index (χ0v) is 10.4. The van der Waals surface area contributed by atoms with E-state index in [9.17, 15) is 4.79 Å². The Morgan fingerprint density at radius 1 is 1.29 bits per heavy atom. The summed E-state index contributed by atoms with van der Waals surface area (Å²) in [5.74, 6) is 1.96. The maximum absolute atomic E-state index is 10.8. The van der Waals surface area contributed by atoms with Gasteiger partial charge in [-0.05, 0) is 36.3 Å². The van der Waals surface area contributed by atoms with Gasteiger partial charge in [-0.2, -0.15) is 0 Å². The van der Waals surface area contributed by atoms with E-state index in [1.165, 1.54) is 31.2 Å². The fraction of sp³-hybridized carbons (Fsp3) is 0.533. The third kappa shape index (κ3) is 2.68. The minimum Gasteiger partial charge on any atom is -0.496 e. The highest BCUT2D eigenvalue weighted by molar-refractivity contribution is 5.50. The van der Waals surface area contributed by atoms with Crippen LogP contribution in [0, 0.1) is 5.92 Å². The number of hydrogen-bond acceptors (Lipinski definition) is 2. The Morgan fingerprint density at radius 3 is 2.82 bits per heavy atom. The monoisotopic (exact) mass is 232 g/mol. The van der Waals surface area contributed by atoms with E-state index in [2.05, 4.69) is 12.1 Å². The second kappa shape index (κ2) is 5.85. The molecule has 0 saturated heterocycles. The van der Waals surface area contributed by atoms with E-state index in [0.29, 0.717) is 18.3 Å². The Morgan fingerprint density at radius 2 is 2.06 bits per heavy atom. The normalized spacial score (nSPS) is 24.3. The molecule has 0 heterocycles. The van der Waals surface area contributed by atoms with Crippen LogP contribution in [0.5, 0.6) is 5.75 Å². The summed E-state index contributed by atoms with van der Waals surface area (Å²) in [6.45, 7) is 0. The second-order valence-electron chi connectivity index (χ2n) is 4.80. The van der Waals surface area contributed by atoms with Crippen LogP contribution in [0.15, 0.2) is 24.3 Å². The van der Waals surface area contributed by atoms with Crippen molar-refractivity contribution in [3.05, 3.63) is 29.8 Å². The third-order valence-corrected chi connectivity index (χ3v) is 3.85. The van der Waals surface area contributed by atoms with Gasteiger partial charge in [0.2, 0.25) is 0 Å². The summed E-state index contributed by atoms with van der Waals surface area (Å²) in [5.41, 5.74) is 1.28. The lowest BCUT2D eigenvalue weighted by Crippen LogP contribution is -2.18. The molecule has 0 aliphatic heterocycles. The van der Waals surface area contributed by atoms with Crippen LogP contribution in [0.1, 0.15) is 43.6 Å². The molecule has 2 unspecified atom stereocenters. The van der Waals surface area contributed by atoms with E-state index >= 15 is 0 Å². The molecule has 2 nitrogen and oxygen atoms in total. The standard InChI is InChI=1S/C15H20O2/c1-17-15-9-5-4-8-14(15)13-7-3-2-6-12(13)10-11-16/h4-5,8-9,11-13H,2-3,6-7,10H2,1H3. The summed E-state index contributed by atoms with van der Waals surface area (Å²) in [6, 6.07) is 8.22. The molecule has 1 aromatic carbocycles. The lowest BCUT2D eigenvalue weighted by Gasteiger charge is -2.31. The molecule has 0 aromatic heterocycles. The fourth-order valence-electron chi connectivity index (χ4n) is 3.00.